The van der Waals surface area contributed by atoms with Crippen LogP contribution in [-0.2, 0) is 0 Å². The van der Waals surface area contributed by atoms with Gasteiger partial charge in [0, 0.05) is 18.3 Å². The van der Waals surface area contributed by atoms with Crippen LogP contribution >= 0.6 is 0 Å². The highest BCUT2D eigenvalue weighted by Gasteiger charge is 2.11. The number of anilines is 2. The van der Waals surface area contributed by atoms with E-state index in [1.54, 1.807) is 11.1 Å². The Bertz CT molecular complexity index is 454. The lowest BCUT2D eigenvalue weighted by Gasteiger charge is -2.19. The van der Waals surface area contributed by atoms with E-state index >= 15 is 0 Å². The number of rotatable bonds is 6. The molecule has 6 heteroatoms. The molecule has 0 bridgehead atoms. The van der Waals surface area contributed by atoms with Crippen molar-refractivity contribution in [2.45, 2.75) is 20.3 Å². The van der Waals surface area contributed by atoms with Crippen molar-refractivity contribution in [3.05, 3.63) is 11.8 Å². The quantitative estimate of drug-likeness (QED) is 0.762. The van der Waals surface area contributed by atoms with E-state index in [9.17, 15) is 0 Å². The van der Waals surface area contributed by atoms with Crippen LogP contribution in [0.2, 0.25) is 0 Å². The van der Waals surface area contributed by atoms with Gasteiger partial charge in [-0.3, -0.25) is 0 Å². The summed E-state index contributed by atoms with van der Waals surface area (Å²) in [7, 11) is 0. The Balaban J connectivity index is 2.97. The Hall–Kier alpha value is -2.34. The number of aryl methyl sites for hydroxylation is 1. The summed E-state index contributed by atoms with van der Waals surface area (Å²) in [5.41, 5.74) is 0.850. The maximum atomic E-state index is 8.77. The van der Waals surface area contributed by atoms with Crippen LogP contribution in [0.15, 0.2) is 6.20 Å². The van der Waals surface area contributed by atoms with Crippen molar-refractivity contribution in [2.75, 3.05) is 29.9 Å². The summed E-state index contributed by atoms with van der Waals surface area (Å²) in [4.78, 5) is 10.1. The third-order valence-corrected chi connectivity index (χ3v) is 2.30. The maximum absolute atomic E-state index is 8.77. The van der Waals surface area contributed by atoms with E-state index in [1.165, 1.54) is 0 Å². The summed E-state index contributed by atoms with van der Waals surface area (Å²) in [6.07, 6.45) is 2.68. The Morgan fingerprint density at radius 1 is 1.33 bits per heavy atom. The second-order valence-corrected chi connectivity index (χ2v) is 3.80. The Labute approximate surface area is 107 Å². The number of nitrogens with one attached hydrogen (secondary N) is 1. The van der Waals surface area contributed by atoms with Crippen LogP contribution in [0.3, 0.4) is 0 Å². The van der Waals surface area contributed by atoms with Crippen molar-refractivity contribution in [3.8, 4) is 12.1 Å². The fourth-order valence-electron chi connectivity index (χ4n) is 1.45. The molecule has 1 heterocycles. The zero-order valence-corrected chi connectivity index (χ0v) is 10.6. The lowest BCUT2D eigenvalue weighted by molar-refractivity contribution is 0.901. The first-order chi connectivity index (χ1) is 8.72. The molecule has 0 atom stereocenters. The Morgan fingerprint density at radius 2 is 2.00 bits per heavy atom. The maximum Gasteiger partial charge on any atom is 0.224 e. The first kappa shape index (κ1) is 13.7. The molecule has 0 radical (unpaired) electrons. The monoisotopic (exact) mass is 244 g/mol. The normalized spacial score (nSPS) is 9.33. The standard InChI is InChI=1S/C12H16N6/c1-3-6-15-12-16-9-10(2)11(17-12)18(7-4-13)8-5-14/h9H,3,6-8H2,1-2H3,(H,15,16,17). The molecule has 0 fully saturated rings. The molecule has 0 aromatic carbocycles. The molecule has 1 rings (SSSR count). The lowest BCUT2D eigenvalue weighted by Crippen LogP contribution is -2.26. The molecule has 1 N–H and O–H groups in total. The zero-order valence-electron chi connectivity index (χ0n) is 10.6. The molecule has 0 aliphatic rings. The van der Waals surface area contributed by atoms with Crippen LogP contribution in [-0.4, -0.2) is 29.6 Å². The van der Waals surface area contributed by atoms with Gasteiger partial charge in [0.05, 0.1) is 12.1 Å². The van der Waals surface area contributed by atoms with E-state index in [4.69, 9.17) is 10.5 Å². The summed E-state index contributed by atoms with van der Waals surface area (Å²) in [5, 5.41) is 20.6. The number of nitrogens with zero attached hydrogens (tertiary/aromatic N) is 5. The third-order valence-electron chi connectivity index (χ3n) is 2.30. The molecule has 0 amide bonds. The molecule has 0 aliphatic carbocycles. The van der Waals surface area contributed by atoms with Crippen molar-refractivity contribution in [1.82, 2.24) is 9.97 Å². The lowest BCUT2D eigenvalue weighted by atomic mass is 10.3. The highest BCUT2D eigenvalue weighted by Crippen LogP contribution is 2.17. The molecule has 94 valence electrons. The van der Waals surface area contributed by atoms with Gasteiger partial charge < -0.3 is 10.2 Å². The molecule has 0 saturated carbocycles. The molecule has 0 aliphatic heterocycles. The van der Waals surface area contributed by atoms with Gasteiger partial charge in [-0.1, -0.05) is 6.92 Å². The van der Waals surface area contributed by atoms with Crippen LogP contribution in [0.4, 0.5) is 11.8 Å². The van der Waals surface area contributed by atoms with Gasteiger partial charge in [-0.15, -0.1) is 0 Å². The molecule has 0 spiro atoms. The van der Waals surface area contributed by atoms with E-state index in [0.29, 0.717) is 11.8 Å². The van der Waals surface area contributed by atoms with E-state index in [0.717, 1.165) is 18.5 Å². The largest absolute Gasteiger partial charge is 0.354 e. The van der Waals surface area contributed by atoms with Crippen molar-refractivity contribution in [1.29, 1.82) is 10.5 Å². The fraction of sp³-hybridized carbons (Fsp3) is 0.500. The van der Waals surface area contributed by atoms with Crippen LogP contribution < -0.4 is 10.2 Å². The minimum absolute atomic E-state index is 0.138. The zero-order chi connectivity index (χ0) is 13.4. The van der Waals surface area contributed by atoms with Gasteiger partial charge in [0.2, 0.25) is 5.95 Å². The van der Waals surface area contributed by atoms with E-state index in [1.807, 2.05) is 19.1 Å². The van der Waals surface area contributed by atoms with E-state index in [-0.39, 0.29) is 13.1 Å². The molecule has 0 unspecified atom stereocenters. The van der Waals surface area contributed by atoms with Gasteiger partial charge in [-0.25, -0.2) is 4.98 Å². The summed E-state index contributed by atoms with van der Waals surface area (Å²) >= 11 is 0. The van der Waals surface area contributed by atoms with Gasteiger partial charge >= 0.3 is 0 Å². The van der Waals surface area contributed by atoms with Crippen LogP contribution in [0.1, 0.15) is 18.9 Å². The summed E-state index contributed by atoms with van der Waals surface area (Å²) in [6.45, 7) is 4.98. The van der Waals surface area contributed by atoms with Crippen molar-refractivity contribution in [3.63, 3.8) is 0 Å². The average molecular weight is 244 g/mol. The summed E-state index contributed by atoms with van der Waals surface area (Å²) in [6, 6.07) is 4.07. The average Bonchev–Trinajstić information content (AvgIpc) is 2.37. The first-order valence-corrected chi connectivity index (χ1v) is 5.79. The molecule has 1 aromatic rings. The van der Waals surface area contributed by atoms with Crippen LogP contribution in [0.25, 0.3) is 0 Å². The number of hydrogen-bond donors (Lipinski definition) is 1. The molecule has 0 saturated heterocycles. The Morgan fingerprint density at radius 3 is 2.56 bits per heavy atom. The second kappa shape index (κ2) is 7.08. The first-order valence-electron chi connectivity index (χ1n) is 5.79. The number of nitriles is 2. The summed E-state index contributed by atoms with van der Waals surface area (Å²) < 4.78 is 0. The molecule has 1 aromatic heterocycles. The second-order valence-electron chi connectivity index (χ2n) is 3.80. The van der Waals surface area contributed by atoms with Gasteiger partial charge in [0.1, 0.15) is 18.9 Å². The van der Waals surface area contributed by atoms with Crippen LogP contribution in [0, 0.1) is 29.6 Å². The topological polar surface area (TPSA) is 88.6 Å². The van der Waals surface area contributed by atoms with Gasteiger partial charge in [-0.05, 0) is 13.3 Å². The Kier molecular flexibility index (Phi) is 5.40. The molecular formula is C12H16N6. The predicted molar refractivity (Wildman–Crippen MR) is 69.0 cm³/mol. The highest BCUT2D eigenvalue weighted by molar-refractivity contribution is 5.50. The van der Waals surface area contributed by atoms with E-state index in [2.05, 4.69) is 22.2 Å². The SMILES string of the molecule is CCCNc1ncc(C)c(N(CC#N)CC#N)n1. The van der Waals surface area contributed by atoms with Crippen molar-refractivity contribution >= 4 is 11.8 Å². The smallest absolute Gasteiger partial charge is 0.224 e. The fourth-order valence-corrected chi connectivity index (χ4v) is 1.45. The van der Waals surface area contributed by atoms with Gasteiger partial charge in [0.25, 0.3) is 0 Å². The van der Waals surface area contributed by atoms with Gasteiger partial charge in [0.15, 0.2) is 0 Å². The number of aromatic nitrogens is 2. The van der Waals surface area contributed by atoms with E-state index < -0.39 is 0 Å². The van der Waals surface area contributed by atoms with Crippen molar-refractivity contribution in [2.24, 2.45) is 0 Å². The predicted octanol–water partition coefficient (Wildman–Crippen LogP) is 1.46. The minimum atomic E-state index is 0.138. The molecule has 6 nitrogen and oxygen atoms in total. The summed E-state index contributed by atoms with van der Waals surface area (Å²) in [5.74, 6) is 1.16. The highest BCUT2D eigenvalue weighted by atomic mass is 15.2. The molecular weight excluding hydrogens is 228 g/mol. The minimum Gasteiger partial charge on any atom is -0.354 e. The van der Waals surface area contributed by atoms with Crippen molar-refractivity contribution < 1.29 is 0 Å². The van der Waals surface area contributed by atoms with Crippen LogP contribution in [0.5, 0.6) is 0 Å². The van der Waals surface area contributed by atoms with Gasteiger partial charge in [-0.2, -0.15) is 15.5 Å². The number of hydrogen-bond acceptors (Lipinski definition) is 6. The third kappa shape index (κ3) is 3.60. The molecule has 18 heavy (non-hydrogen) atoms.